The molecule has 0 spiro atoms. The number of hydrogen-bond acceptors (Lipinski definition) is 5. The highest BCUT2D eigenvalue weighted by Gasteiger charge is 2.27. The number of piperidine rings is 1. The third-order valence-electron chi connectivity index (χ3n) is 4.21. The fraction of sp³-hybridized carbons (Fsp3) is 0.474. The van der Waals surface area contributed by atoms with Crippen molar-refractivity contribution in [1.82, 2.24) is 4.90 Å². The van der Waals surface area contributed by atoms with E-state index in [4.69, 9.17) is 20.8 Å². The lowest BCUT2D eigenvalue weighted by molar-refractivity contribution is 0.0210. The van der Waals surface area contributed by atoms with Crippen LogP contribution in [0.1, 0.15) is 33.6 Å². The Morgan fingerprint density at radius 2 is 1.96 bits per heavy atom. The maximum Gasteiger partial charge on any atom is 0.410 e. The van der Waals surface area contributed by atoms with E-state index in [1.807, 2.05) is 20.8 Å². The van der Waals surface area contributed by atoms with E-state index in [-0.39, 0.29) is 12.1 Å². The third-order valence-corrected chi connectivity index (χ3v) is 4.45. The Kier molecular flexibility index (Phi) is 5.14. The number of benzene rings is 1. The first-order valence-corrected chi connectivity index (χ1v) is 9.07. The molecule has 6 nitrogen and oxygen atoms in total. The van der Waals surface area contributed by atoms with Gasteiger partial charge in [-0.1, -0.05) is 11.6 Å². The lowest BCUT2D eigenvalue weighted by Gasteiger charge is -2.34. The number of halogens is 1. The number of nitrogens with one attached hydrogen (secondary N) is 1. The molecule has 7 heteroatoms. The molecule has 0 bridgehead atoms. The van der Waals surface area contributed by atoms with E-state index in [0.29, 0.717) is 29.4 Å². The van der Waals surface area contributed by atoms with Crippen LogP contribution in [0.15, 0.2) is 33.5 Å². The third kappa shape index (κ3) is 4.49. The van der Waals surface area contributed by atoms with Gasteiger partial charge in [0.25, 0.3) is 0 Å². The van der Waals surface area contributed by atoms with Crippen molar-refractivity contribution in [3.63, 3.8) is 0 Å². The number of hydrogen-bond donors (Lipinski definition) is 1. The molecule has 0 unspecified atom stereocenters. The highest BCUT2D eigenvalue weighted by Crippen LogP contribution is 2.27. The number of amides is 1. The Morgan fingerprint density at radius 3 is 2.62 bits per heavy atom. The van der Waals surface area contributed by atoms with Crippen LogP contribution in [-0.4, -0.2) is 35.7 Å². The number of rotatable bonds is 2. The average Bonchev–Trinajstić information content (AvgIpc) is 2.54. The number of fused-ring (bicyclic) bond motifs is 1. The van der Waals surface area contributed by atoms with Crippen molar-refractivity contribution in [2.75, 3.05) is 18.4 Å². The van der Waals surface area contributed by atoms with Crippen molar-refractivity contribution in [1.29, 1.82) is 0 Å². The Bertz CT molecular complexity index is 864. The molecule has 1 aromatic carbocycles. The van der Waals surface area contributed by atoms with Crippen molar-refractivity contribution in [2.45, 2.75) is 45.3 Å². The Balaban J connectivity index is 1.69. The highest BCUT2D eigenvalue weighted by atomic mass is 35.5. The zero-order chi connectivity index (χ0) is 18.9. The fourth-order valence-electron chi connectivity index (χ4n) is 3.01. The molecule has 0 atom stereocenters. The van der Waals surface area contributed by atoms with Gasteiger partial charge in [0, 0.05) is 35.6 Å². The number of carbonyl (C=O) groups is 1. The number of carbonyl (C=O) groups excluding carboxylic acids is 1. The number of likely N-dealkylation sites (tertiary alicyclic amines) is 1. The average molecular weight is 379 g/mol. The quantitative estimate of drug-likeness (QED) is 0.790. The number of ether oxygens (including phenoxy) is 1. The Labute approximate surface area is 157 Å². The molecular formula is C19H23ClN2O4. The van der Waals surface area contributed by atoms with E-state index >= 15 is 0 Å². The largest absolute Gasteiger partial charge is 0.444 e. The summed E-state index contributed by atoms with van der Waals surface area (Å²) in [6, 6.07) is 6.75. The predicted molar refractivity (Wildman–Crippen MR) is 102 cm³/mol. The number of anilines is 1. The standard InChI is InChI=1S/C19H23ClN2O4/c1-19(2,3)26-18(24)22-8-6-13(7-9-22)21-15-11-17(23)25-16-5-4-12(20)10-14(15)16/h4-5,10-11,13,21H,6-9H2,1-3H3. The minimum atomic E-state index is -0.498. The van der Waals surface area contributed by atoms with Crippen LogP contribution in [-0.2, 0) is 4.74 Å². The molecular weight excluding hydrogens is 356 g/mol. The van der Waals surface area contributed by atoms with Gasteiger partial charge in [0.2, 0.25) is 0 Å². The minimum absolute atomic E-state index is 0.151. The lowest BCUT2D eigenvalue weighted by Crippen LogP contribution is -2.44. The molecule has 140 valence electrons. The molecule has 1 saturated heterocycles. The second kappa shape index (κ2) is 7.19. The zero-order valence-electron chi connectivity index (χ0n) is 15.2. The van der Waals surface area contributed by atoms with Crippen LogP contribution in [0, 0.1) is 0 Å². The van der Waals surface area contributed by atoms with E-state index in [9.17, 15) is 9.59 Å². The summed E-state index contributed by atoms with van der Waals surface area (Å²) in [5.74, 6) is 0. The summed E-state index contributed by atoms with van der Waals surface area (Å²) in [6.45, 7) is 6.78. The van der Waals surface area contributed by atoms with Crippen LogP contribution < -0.4 is 10.9 Å². The molecule has 2 heterocycles. The first kappa shape index (κ1) is 18.6. The Morgan fingerprint density at radius 1 is 1.27 bits per heavy atom. The second-order valence-corrected chi connectivity index (χ2v) is 7.94. The van der Waals surface area contributed by atoms with Crippen LogP contribution in [0.3, 0.4) is 0 Å². The van der Waals surface area contributed by atoms with E-state index in [0.717, 1.165) is 18.2 Å². The van der Waals surface area contributed by atoms with Crippen molar-refractivity contribution in [2.24, 2.45) is 0 Å². The van der Waals surface area contributed by atoms with Gasteiger partial charge in [-0.3, -0.25) is 0 Å². The van der Waals surface area contributed by atoms with Gasteiger partial charge in [0.15, 0.2) is 0 Å². The zero-order valence-corrected chi connectivity index (χ0v) is 15.9. The SMILES string of the molecule is CC(C)(C)OC(=O)N1CCC(Nc2cc(=O)oc3ccc(Cl)cc23)CC1. The second-order valence-electron chi connectivity index (χ2n) is 7.51. The molecule has 26 heavy (non-hydrogen) atoms. The molecule has 1 aliphatic heterocycles. The van der Waals surface area contributed by atoms with Crippen LogP contribution in [0.5, 0.6) is 0 Å². The lowest BCUT2D eigenvalue weighted by atomic mass is 10.0. The topological polar surface area (TPSA) is 71.8 Å². The number of nitrogens with zero attached hydrogens (tertiary/aromatic N) is 1. The first-order chi connectivity index (χ1) is 12.2. The van der Waals surface area contributed by atoms with Gasteiger partial charge in [-0.25, -0.2) is 9.59 Å². The maximum atomic E-state index is 12.2. The summed E-state index contributed by atoms with van der Waals surface area (Å²) in [4.78, 5) is 25.7. The van der Waals surface area contributed by atoms with Crippen molar-refractivity contribution in [3.8, 4) is 0 Å². The van der Waals surface area contributed by atoms with Crippen molar-refractivity contribution >= 4 is 34.4 Å². The van der Waals surface area contributed by atoms with E-state index in [1.165, 1.54) is 6.07 Å². The van der Waals surface area contributed by atoms with Gasteiger partial charge < -0.3 is 19.4 Å². The molecule has 1 aromatic heterocycles. The van der Waals surface area contributed by atoms with E-state index < -0.39 is 11.2 Å². The molecule has 3 rings (SSSR count). The highest BCUT2D eigenvalue weighted by molar-refractivity contribution is 6.31. The first-order valence-electron chi connectivity index (χ1n) is 8.69. The molecule has 0 saturated carbocycles. The predicted octanol–water partition coefficient (Wildman–Crippen LogP) is 4.26. The minimum Gasteiger partial charge on any atom is -0.444 e. The molecule has 0 radical (unpaired) electrons. The summed E-state index contributed by atoms with van der Waals surface area (Å²) in [7, 11) is 0. The summed E-state index contributed by atoms with van der Waals surface area (Å²) < 4.78 is 10.6. The summed E-state index contributed by atoms with van der Waals surface area (Å²) in [6.07, 6.45) is 1.25. The van der Waals surface area contributed by atoms with Gasteiger partial charge in [-0.05, 0) is 51.8 Å². The van der Waals surface area contributed by atoms with Crippen LogP contribution >= 0.6 is 11.6 Å². The summed E-state index contributed by atoms with van der Waals surface area (Å²) >= 11 is 6.07. The summed E-state index contributed by atoms with van der Waals surface area (Å²) in [5.41, 5.74) is 0.293. The van der Waals surface area contributed by atoms with Crippen LogP contribution in [0.4, 0.5) is 10.5 Å². The van der Waals surface area contributed by atoms with Gasteiger partial charge in [-0.2, -0.15) is 0 Å². The molecule has 0 aliphatic carbocycles. The smallest absolute Gasteiger partial charge is 0.410 e. The van der Waals surface area contributed by atoms with Gasteiger partial charge >= 0.3 is 11.7 Å². The van der Waals surface area contributed by atoms with Crippen LogP contribution in [0.2, 0.25) is 5.02 Å². The molecule has 2 aromatic rings. The van der Waals surface area contributed by atoms with Gasteiger partial charge in [0.1, 0.15) is 11.2 Å². The maximum absolute atomic E-state index is 12.2. The molecule has 1 amide bonds. The molecule has 1 aliphatic rings. The van der Waals surface area contributed by atoms with Gasteiger partial charge in [0.05, 0.1) is 5.69 Å². The Hall–Kier alpha value is -2.21. The van der Waals surface area contributed by atoms with Gasteiger partial charge in [-0.15, -0.1) is 0 Å². The van der Waals surface area contributed by atoms with E-state index in [1.54, 1.807) is 23.1 Å². The van der Waals surface area contributed by atoms with Crippen LogP contribution in [0.25, 0.3) is 11.0 Å². The fourth-order valence-corrected chi connectivity index (χ4v) is 3.18. The monoisotopic (exact) mass is 378 g/mol. The molecule has 1 N–H and O–H groups in total. The van der Waals surface area contributed by atoms with E-state index in [2.05, 4.69) is 5.32 Å². The normalized spacial score (nSPS) is 15.9. The molecule has 1 fully saturated rings. The van der Waals surface area contributed by atoms with Crippen molar-refractivity contribution < 1.29 is 13.9 Å². The summed E-state index contributed by atoms with van der Waals surface area (Å²) in [5, 5.41) is 4.75. The van der Waals surface area contributed by atoms with Crippen molar-refractivity contribution in [3.05, 3.63) is 39.7 Å².